The second-order valence-electron chi connectivity index (χ2n) is 10.9. The molecule has 0 unspecified atom stereocenters. The molecule has 8 aromatic rings. The predicted molar refractivity (Wildman–Crippen MR) is 181 cm³/mol. The lowest BCUT2D eigenvalue weighted by atomic mass is 9.77. The summed E-state index contributed by atoms with van der Waals surface area (Å²) in [5.74, 6) is 0. The molecule has 0 saturated carbocycles. The van der Waals surface area contributed by atoms with E-state index in [2.05, 4.69) is 140 Å². The van der Waals surface area contributed by atoms with Crippen LogP contribution in [-0.2, 0) is 0 Å². The largest absolute Gasteiger partial charge is 0.398 e. The molecule has 0 fully saturated rings. The molecule has 0 radical (unpaired) electrons. The minimum absolute atomic E-state index is 0.764. The molecule has 0 atom stereocenters. The molecule has 0 aromatic heterocycles. The van der Waals surface area contributed by atoms with Gasteiger partial charge < -0.3 is 11.5 Å². The van der Waals surface area contributed by atoms with E-state index in [9.17, 15) is 0 Å². The van der Waals surface area contributed by atoms with Gasteiger partial charge in [-0.15, -0.1) is 0 Å². The van der Waals surface area contributed by atoms with Crippen LogP contribution in [0.2, 0.25) is 0 Å². The van der Waals surface area contributed by atoms with Crippen LogP contribution in [-0.4, -0.2) is 0 Å². The highest BCUT2D eigenvalue weighted by atomic mass is 14.6. The maximum Gasteiger partial charge on any atom is 0.0480 e. The van der Waals surface area contributed by atoms with E-state index >= 15 is 0 Å². The van der Waals surface area contributed by atoms with Crippen molar-refractivity contribution < 1.29 is 0 Å². The van der Waals surface area contributed by atoms with Crippen LogP contribution in [0.4, 0.5) is 11.4 Å². The summed E-state index contributed by atoms with van der Waals surface area (Å²) in [6.07, 6.45) is 0. The van der Waals surface area contributed by atoms with E-state index in [0.29, 0.717) is 0 Å². The van der Waals surface area contributed by atoms with E-state index < -0.39 is 0 Å². The fraction of sp³-hybridized carbons (Fsp3) is 0. The van der Waals surface area contributed by atoms with Crippen LogP contribution >= 0.6 is 0 Å². The zero-order chi connectivity index (χ0) is 28.2. The van der Waals surface area contributed by atoms with Crippen molar-refractivity contribution in [3.8, 4) is 44.5 Å². The van der Waals surface area contributed by atoms with Crippen molar-refractivity contribution in [2.45, 2.75) is 0 Å². The lowest BCUT2D eigenvalue weighted by Gasteiger charge is -2.27. The molecule has 42 heavy (non-hydrogen) atoms. The summed E-state index contributed by atoms with van der Waals surface area (Å²) < 4.78 is 0. The van der Waals surface area contributed by atoms with E-state index in [0.717, 1.165) is 77.3 Å². The average Bonchev–Trinajstić information content (AvgIpc) is 3.06. The summed E-state index contributed by atoms with van der Waals surface area (Å²) in [6.45, 7) is 0. The molecule has 8 rings (SSSR count). The van der Waals surface area contributed by atoms with Crippen molar-refractivity contribution in [1.82, 2.24) is 0 Å². The molecular weight excluding hydrogens is 508 g/mol. The Bertz CT molecular complexity index is 2220. The molecule has 2 heteroatoms. The predicted octanol–water partition coefficient (Wildman–Crippen LogP) is 10.4. The summed E-state index contributed by atoms with van der Waals surface area (Å²) in [5, 5.41) is 6.77. The standard InChI is InChI=1S/C40H28N2/c41-31-24-22-29-21-23-30-37-35(29)38(31)32(25-13-5-1-6-14-25)33(26-15-7-2-8-16-26)39(37)34(27-17-9-3-10-18-27)36(40(30)42)28-19-11-4-12-20-28/h1-24H,41-42H2. The molecule has 0 amide bonds. The Morgan fingerprint density at radius 3 is 1.21 bits per heavy atom. The lowest BCUT2D eigenvalue weighted by molar-refractivity contribution is 1.60. The number of benzene rings is 8. The van der Waals surface area contributed by atoms with Crippen molar-refractivity contribution in [1.29, 1.82) is 0 Å². The van der Waals surface area contributed by atoms with Gasteiger partial charge in [0.2, 0.25) is 0 Å². The van der Waals surface area contributed by atoms with Crippen molar-refractivity contribution in [3.05, 3.63) is 146 Å². The van der Waals surface area contributed by atoms with Gasteiger partial charge in [-0.2, -0.15) is 0 Å². The normalized spacial score (nSPS) is 11.5. The molecule has 0 aliphatic heterocycles. The molecule has 4 N–H and O–H groups in total. The Kier molecular flexibility index (Phi) is 5.48. The van der Waals surface area contributed by atoms with Gasteiger partial charge >= 0.3 is 0 Å². The monoisotopic (exact) mass is 536 g/mol. The van der Waals surface area contributed by atoms with Gasteiger partial charge in [0.15, 0.2) is 0 Å². The van der Waals surface area contributed by atoms with Gasteiger partial charge in [-0.25, -0.2) is 0 Å². The summed E-state index contributed by atoms with van der Waals surface area (Å²) >= 11 is 0. The van der Waals surface area contributed by atoms with Gasteiger partial charge in [0.25, 0.3) is 0 Å². The van der Waals surface area contributed by atoms with Crippen LogP contribution in [0.3, 0.4) is 0 Å². The van der Waals surface area contributed by atoms with Gasteiger partial charge in [-0.05, 0) is 44.7 Å². The molecule has 0 aliphatic carbocycles. The molecule has 0 saturated heterocycles. The first-order valence-electron chi connectivity index (χ1n) is 14.3. The number of anilines is 2. The highest BCUT2D eigenvalue weighted by molar-refractivity contribution is 6.38. The zero-order valence-electron chi connectivity index (χ0n) is 23.0. The number of nitrogens with two attached hydrogens (primary N) is 2. The Hall–Kier alpha value is -5.60. The molecule has 2 nitrogen and oxygen atoms in total. The third kappa shape index (κ3) is 3.52. The quantitative estimate of drug-likeness (QED) is 0.174. The highest BCUT2D eigenvalue weighted by Gasteiger charge is 2.27. The van der Waals surface area contributed by atoms with E-state index in [4.69, 9.17) is 11.5 Å². The van der Waals surface area contributed by atoms with Crippen LogP contribution in [0.5, 0.6) is 0 Å². The average molecular weight is 537 g/mol. The first kappa shape index (κ1) is 24.2. The summed E-state index contributed by atoms with van der Waals surface area (Å²) in [7, 11) is 0. The molecule has 0 heterocycles. The Morgan fingerprint density at radius 2 is 0.714 bits per heavy atom. The number of rotatable bonds is 4. The topological polar surface area (TPSA) is 52.0 Å². The molecule has 198 valence electrons. The summed E-state index contributed by atoms with van der Waals surface area (Å²) in [6, 6.07) is 51.2. The molecule has 0 aliphatic rings. The van der Waals surface area contributed by atoms with Gasteiger partial charge in [0.1, 0.15) is 0 Å². The third-order valence-electron chi connectivity index (χ3n) is 8.53. The van der Waals surface area contributed by atoms with Crippen LogP contribution in [0, 0.1) is 0 Å². The second-order valence-corrected chi connectivity index (χ2v) is 10.9. The highest BCUT2D eigenvalue weighted by Crippen LogP contribution is 2.55. The van der Waals surface area contributed by atoms with Gasteiger partial charge in [0, 0.05) is 49.6 Å². The zero-order valence-corrected chi connectivity index (χ0v) is 23.0. The van der Waals surface area contributed by atoms with Crippen molar-refractivity contribution >= 4 is 43.7 Å². The maximum absolute atomic E-state index is 7.24. The van der Waals surface area contributed by atoms with Gasteiger partial charge in [-0.1, -0.05) is 140 Å². The SMILES string of the molecule is Nc1c(-c2ccccc2)c(-c2ccccc2)c2c(-c3ccccc3)c(-c3ccccc3)c3c(N)ccc4ccc1c2c43. The fourth-order valence-electron chi connectivity index (χ4n) is 6.79. The first-order chi connectivity index (χ1) is 20.7. The number of hydrogen-bond donors (Lipinski definition) is 2. The number of hydrogen-bond acceptors (Lipinski definition) is 2. The van der Waals surface area contributed by atoms with Crippen LogP contribution < -0.4 is 11.5 Å². The van der Waals surface area contributed by atoms with Crippen molar-refractivity contribution in [2.24, 2.45) is 0 Å². The number of nitrogen functional groups attached to an aromatic ring is 2. The Morgan fingerprint density at radius 1 is 0.310 bits per heavy atom. The van der Waals surface area contributed by atoms with E-state index in [1.165, 1.54) is 10.9 Å². The van der Waals surface area contributed by atoms with Crippen LogP contribution in [0.25, 0.3) is 76.8 Å². The van der Waals surface area contributed by atoms with Crippen molar-refractivity contribution in [2.75, 3.05) is 11.5 Å². The molecule has 0 bridgehead atoms. The molecule has 0 spiro atoms. The van der Waals surface area contributed by atoms with Gasteiger partial charge in [0.05, 0.1) is 0 Å². The van der Waals surface area contributed by atoms with Crippen LogP contribution in [0.1, 0.15) is 0 Å². The van der Waals surface area contributed by atoms with Crippen molar-refractivity contribution in [3.63, 3.8) is 0 Å². The van der Waals surface area contributed by atoms with E-state index in [1.54, 1.807) is 0 Å². The molecule has 8 aromatic carbocycles. The summed E-state index contributed by atoms with van der Waals surface area (Å²) in [5.41, 5.74) is 24.7. The smallest absolute Gasteiger partial charge is 0.0480 e. The van der Waals surface area contributed by atoms with Crippen LogP contribution in [0.15, 0.2) is 146 Å². The first-order valence-corrected chi connectivity index (χ1v) is 14.3. The lowest BCUT2D eigenvalue weighted by Crippen LogP contribution is -2.02. The molecular formula is C40H28N2. The third-order valence-corrected chi connectivity index (χ3v) is 8.53. The Balaban J connectivity index is 1.76. The minimum atomic E-state index is 0.764. The summed E-state index contributed by atoms with van der Waals surface area (Å²) in [4.78, 5) is 0. The van der Waals surface area contributed by atoms with E-state index in [1.807, 2.05) is 6.07 Å². The fourth-order valence-corrected chi connectivity index (χ4v) is 6.79. The van der Waals surface area contributed by atoms with E-state index in [-0.39, 0.29) is 0 Å². The maximum atomic E-state index is 7.24. The minimum Gasteiger partial charge on any atom is -0.398 e. The second kappa shape index (κ2) is 9.50. The van der Waals surface area contributed by atoms with Gasteiger partial charge in [-0.3, -0.25) is 0 Å². The Labute approximate surface area is 244 Å².